The van der Waals surface area contributed by atoms with Gasteiger partial charge >= 0.3 is 5.97 Å². The molecular formula is C15H16N2O2. The van der Waals surface area contributed by atoms with Crippen LogP contribution in [-0.2, 0) is 17.9 Å². The number of ether oxygens (including phenoxy) is 1. The number of benzene rings is 2. The van der Waals surface area contributed by atoms with Crippen LogP contribution in [0.3, 0.4) is 0 Å². The van der Waals surface area contributed by atoms with E-state index in [1.54, 1.807) is 18.2 Å². The zero-order valence-electron chi connectivity index (χ0n) is 10.5. The van der Waals surface area contributed by atoms with Crippen molar-refractivity contribution in [2.45, 2.75) is 13.2 Å². The monoisotopic (exact) mass is 256 g/mol. The van der Waals surface area contributed by atoms with E-state index in [9.17, 15) is 4.79 Å². The van der Waals surface area contributed by atoms with E-state index in [-0.39, 0.29) is 6.61 Å². The maximum Gasteiger partial charge on any atom is 0.340 e. The fourth-order valence-electron chi connectivity index (χ4n) is 1.73. The first-order valence-corrected chi connectivity index (χ1v) is 6.00. The van der Waals surface area contributed by atoms with Crippen LogP contribution >= 0.6 is 0 Å². The minimum absolute atomic E-state index is 0.234. The molecule has 4 nitrogen and oxygen atoms in total. The van der Waals surface area contributed by atoms with E-state index in [2.05, 4.69) is 0 Å². The molecule has 2 rings (SSSR count). The van der Waals surface area contributed by atoms with Gasteiger partial charge in [0, 0.05) is 12.2 Å². The van der Waals surface area contributed by atoms with Gasteiger partial charge in [0.2, 0.25) is 0 Å². The van der Waals surface area contributed by atoms with Gasteiger partial charge in [-0.25, -0.2) is 4.79 Å². The molecule has 0 aliphatic heterocycles. The van der Waals surface area contributed by atoms with Gasteiger partial charge in [-0.3, -0.25) is 0 Å². The average Bonchev–Trinajstić information content (AvgIpc) is 2.45. The number of anilines is 1. The molecule has 0 aliphatic rings. The number of carbonyl (C=O) groups excluding carboxylic acids is 1. The number of nitrogen functional groups attached to an aromatic ring is 1. The van der Waals surface area contributed by atoms with Gasteiger partial charge in [0.25, 0.3) is 0 Å². The molecule has 2 aromatic carbocycles. The van der Waals surface area contributed by atoms with Crippen LogP contribution in [-0.4, -0.2) is 5.97 Å². The van der Waals surface area contributed by atoms with Gasteiger partial charge in [0.05, 0.1) is 5.56 Å². The summed E-state index contributed by atoms with van der Waals surface area (Å²) >= 11 is 0. The molecule has 98 valence electrons. The Morgan fingerprint density at radius 3 is 2.42 bits per heavy atom. The normalized spacial score (nSPS) is 10.2. The first-order chi connectivity index (χ1) is 9.20. The summed E-state index contributed by atoms with van der Waals surface area (Å²) in [5.74, 6) is -0.426. The predicted molar refractivity (Wildman–Crippen MR) is 74.3 cm³/mol. The molecule has 0 amide bonds. The third kappa shape index (κ3) is 3.33. The Kier molecular flexibility index (Phi) is 4.15. The van der Waals surface area contributed by atoms with Crippen molar-refractivity contribution in [3.63, 3.8) is 0 Å². The summed E-state index contributed by atoms with van der Waals surface area (Å²) in [7, 11) is 0. The topological polar surface area (TPSA) is 78.3 Å². The molecule has 0 spiro atoms. The van der Waals surface area contributed by atoms with Crippen molar-refractivity contribution in [2.75, 3.05) is 5.73 Å². The highest BCUT2D eigenvalue weighted by Crippen LogP contribution is 2.16. The molecule has 19 heavy (non-hydrogen) atoms. The smallest absolute Gasteiger partial charge is 0.340 e. The van der Waals surface area contributed by atoms with Gasteiger partial charge < -0.3 is 16.2 Å². The van der Waals surface area contributed by atoms with E-state index in [1.807, 2.05) is 30.3 Å². The van der Waals surface area contributed by atoms with E-state index < -0.39 is 5.97 Å². The lowest BCUT2D eigenvalue weighted by Crippen LogP contribution is -2.09. The second-order valence-corrected chi connectivity index (χ2v) is 4.19. The molecule has 0 radical (unpaired) electrons. The zero-order valence-corrected chi connectivity index (χ0v) is 10.5. The van der Waals surface area contributed by atoms with Crippen molar-refractivity contribution in [1.82, 2.24) is 0 Å². The third-order valence-corrected chi connectivity index (χ3v) is 2.78. The number of carbonyl (C=O) groups is 1. The molecular weight excluding hydrogens is 240 g/mol. The van der Waals surface area contributed by atoms with Crippen molar-refractivity contribution < 1.29 is 9.53 Å². The van der Waals surface area contributed by atoms with Crippen LogP contribution in [0.5, 0.6) is 0 Å². The second-order valence-electron chi connectivity index (χ2n) is 4.19. The highest BCUT2D eigenvalue weighted by Gasteiger charge is 2.11. The van der Waals surface area contributed by atoms with Gasteiger partial charge in [-0.1, -0.05) is 36.4 Å². The van der Waals surface area contributed by atoms with E-state index in [1.165, 1.54) is 0 Å². The fourth-order valence-corrected chi connectivity index (χ4v) is 1.73. The maximum absolute atomic E-state index is 11.9. The summed E-state index contributed by atoms with van der Waals surface area (Å²) in [5.41, 5.74) is 13.9. The van der Waals surface area contributed by atoms with Gasteiger partial charge in [0.15, 0.2) is 0 Å². The fraction of sp³-hybridized carbons (Fsp3) is 0.133. The summed E-state index contributed by atoms with van der Waals surface area (Å²) in [5, 5.41) is 0. The molecule has 0 aromatic heterocycles. The Labute approximate surface area is 112 Å². The molecule has 0 saturated heterocycles. The lowest BCUT2D eigenvalue weighted by atomic mass is 10.1. The van der Waals surface area contributed by atoms with Crippen LogP contribution in [0.4, 0.5) is 5.69 Å². The van der Waals surface area contributed by atoms with Crippen LogP contribution < -0.4 is 11.5 Å². The largest absolute Gasteiger partial charge is 0.457 e. The molecule has 2 aromatic rings. The number of hydrogen-bond acceptors (Lipinski definition) is 4. The van der Waals surface area contributed by atoms with Crippen molar-refractivity contribution in [3.8, 4) is 0 Å². The Bertz CT molecular complexity index is 568. The van der Waals surface area contributed by atoms with Crippen molar-refractivity contribution >= 4 is 11.7 Å². The lowest BCUT2D eigenvalue weighted by Gasteiger charge is -2.08. The summed E-state index contributed by atoms with van der Waals surface area (Å²) in [6.07, 6.45) is 0. The van der Waals surface area contributed by atoms with Crippen LogP contribution in [0.25, 0.3) is 0 Å². The number of hydrogen-bond donors (Lipinski definition) is 2. The minimum Gasteiger partial charge on any atom is -0.457 e. The summed E-state index contributed by atoms with van der Waals surface area (Å²) in [6, 6.07) is 14.6. The first-order valence-electron chi connectivity index (χ1n) is 6.00. The number of esters is 1. The van der Waals surface area contributed by atoms with Gasteiger partial charge in [0.1, 0.15) is 6.61 Å². The molecule has 4 N–H and O–H groups in total. The zero-order chi connectivity index (χ0) is 13.7. The van der Waals surface area contributed by atoms with Gasteiger partial charge in [-0.05, 0) is 23.3 Å². The average molecular weight is 256 g/mol. The number of rotatable bonds is 4. The standard InChI is InChI=1S/C15H16N2O2/c16-9-12-6-7-13(14(17)8-12)15(18)19-10-11-4-2-1-3-5-11/h1-8H,9-10,16-17H2. The SMILES string of the molecule is NCc1ccc(C(=O)OCc2ccccc2)c(N)c1. The van der Waals surface area contributed by atoms with E-state index in [0.29, 0.717) is 17.8 Å². The molecule has 0 saturated carbocycles. The molecule has 0 fully saturated rings. The van der Waals surface area contributed by atoms with Crippen molar-refractivity contribution in [1.29, 1.82) is 0 Å². The predicted octanol–water partition coefficient (Wildman–Crippen LogP) is 2.08. The second kappa shape index (κ2) is 6.02. The highest BCUT2D eigenvalue weighted by molar-refractivity contribution is 5.95. The first kappa shape index (κ1) is 13.1. The summed E-state index contributed by atoms with van der Waals surface area (Å²) < 4.78 is 5.22. The minimum atomic E-state index is -0.426. The molecule has 0 unspecified atom stereocenters. The Morgan fingerprint density at radius 2 is 1.79 bits per heavy atom. The quantitative estimate of drug-likeness (QED) is 0.648. The number of nitrogens with two attached hydrogens (primary N) is 2. The summed E-state index contributed by atoms with van der Waals surface area (Å²) in [4.78, 5) is 11.9. The third-order valence-electron chi connectivity index (χ3n) is 2.78. The highest BCUT2D eigenvalue weighted by atomic mass is 16.5. The lowest BCUT2D eigenvalue weighted by molar-refractivity contribution is 0.0474. The Morgan fingerprint density at radius 1 is 1.05 bits per heavy atom. The van der Waals surface area contributed by atoms with Crippen LogP contribution in [0, 0.1) is 0 Å². The van der Waals surface area contributed by atoms with E-state index in [4.69, 9.17) is 16.2 Å². The van der Waals surface area contributed by atoms with Crippen LogP contribution in [0.1, 0.15) is 21.5 Å². The van der Waals surface area contributed by atoms with Crippen LogP contribution in [0.15, 0.2) is 48.5 Å². The molecule has 0 aliphatic carbocycles. The van der Waals surface area contributed by atoms with Crippen molar-refractivity contribution in [2.24, 2.45) is 5.73 Å². The maximum atomic E-state index is 11.9. The Hall–Kier alpha value is -2.33. The van der Waals surface area contributed by atoms with Gasteiger partial charge in [-0.15, -0.1) is 0 Å². The molecule has 0 atom stereocenters. The Balaban J connectivity index is 2.04. The molecule has 0 bridgehead atoms. The van der Waals surface area contributed by atoms with E-state index >= 15 is 0 Å². The molecule has 0 heterocycles. The van der Waals surface area contributed by atoms with Crippen LogP contribution in [0.2, 0.25) is 0 Å². The summed E-state index contributed by atoms with van der Waals surface area (Å²) in [6.45, 7) is 0.626. The van der Waals surface area contributed by atoms with E-state index in [0.717, 1.165) is 11.1 Å². The van der Waals surface area contributed by atoms with Crippen molar-refractivity contribution in [3.05, 3.63) is 65.2 Å². The van der Waals surface area contributed by atoms with Gasteiger partial charge in [-0.2, -0.15) is 0 Å². The molecule has 4 heteroatoms.